The number of nitrogen functional groups attached to an aromatic ring is 1. The Morgan fingerprint density at radius 2 is 2.37 bits per heavy atom. The van der Waals surface area contributed by atoms with Gasteiger partial charge in [-0.2, -0.15) is 10.2 Å². The standard InChI is InChI=1S/C10H11FN4O4/c11-5-2-15(10(18)14-8(5)13)9-4(1-12)7(17)6(3-16)19-9/h2,4,6-7,9,16-17H,3H2,(H2,13,14,18)/t4-,6-,7+,9-/m1/s1. The molecule has 2 rings (SSSR count). The van der Waals surface area contributed by atoms with Crippen molar-refractivity contribution in [2.75, 3.05) is 12.3 Å². The van der Waals surface area contributed by atoms with Crippen LogP contribution in [-0.4, -0.2) is 38.6 Å². The van der Waals surface area contributed by atoms with E-state index in [0.29, 0.717) is 0 Å². The third-order valence-corrected chi connectivity index (χ3v) is 2.91. The number of aliphatic hydroxyl groups excluding tert-OH is 2. The molecule has 0 amide bonds. The van der Waals surface area contributed by atoms with E-state index in [1.807, 2.05) is 0 Å². The molecule has 1 aromatic heterocycles. The van der Waals surface area contributed by atoms with Gasteiger partial charge in [-0.25, -0.2) is 9.18 Å². The average Bonchev–Trinajstić information content (AvgIpc) is 2.70. The Hall–Kier alpha value is -2.02. The SMILES string of the molecule is N#C[C@@H]1[C@H](O)[C@@H](CO)O[C@H]1n1cc(F)c(N)nc1=O. The van der Waals surface area contributed by atoms with Crippen molar-refractivity contribution in [2.24, 2.45) is 5.92 Å². The highest BCUT2D eigenvalue weighted by molar-refractivity contribution is 5.26. The number of rotatable bonds is 2. The summed E-state index contributed by atoms with van der Waals surface area (Å²) in [5.41, 5.74) is 4.23. The van der Waals surface area contributed by atoms with Gasteiger partial charge in [-0.15, -0.1) is 0 Å². The number of halogens is 1. The van der Waals surface area contributed by atoms with Crippen LogP contribution in [0.15, 0.2) is 11.0 Å². The number of ether oxygens (including phenoxy) is 1. The Balaban J connectivity index is 2.45. The van der Waals surface area contributed by atoms with Crippen molar-refractivity contribution in [1.82, 2.24) is 9.55 Å². The van der Waals surface area contributed by atoms with Crippen LogP contribution in [-0.2, 0) is 4.74 Å². The number of nitrogens with two attached hydrogens (primary N) is 1. The molecule has 4 atom stereocenters. The molecule has 1 aromatic rings. The van der Waals surface area contributed by atoms with Gasteiger partial charge in [0.2, 0.25) is 0 Å². The Bertz CT molecular complexity index is 584. The molecule has 0 aromatic carbocycles. The molecule has 8 nitrogen and oxygen atoms in total. The summed E-state index contributed by atoms with van der Waals surface area (Å²) in [6.45, 7) is -0.532. The minimum absolute atomic E-state index is 0.532. The second-order valence-corrected chi connectivity index (χ2v) is 4.06. The molecule has 0 spiro atoms. The lowest BCUT2D eigenvalue weighted by atomic mass is 10.0. The second-order valence-electron chi connectivity index (χ2n) is 4.06. The maximum Gasteiger partial charge on any atom is 0.351 e. The van der Waals surface area contributed by atoms with E-state index in [9.17, 15) is 14.3 Å². The van der Waals surface area contributed by atoms with E-state index in [-0.39, 0.29) is 0 Å². The quantitative estimate of drug-likeness (QED) is 0.586. The van der Waals surface area contributed by atoms with E-state index in [4.69, 9.17) is 20.8 Å². The fraction of sp³-hybridized carbons (Fsp3) is 0.500. The van der Waals surface area contributed by atoms with Gasteiger partial charge < -0.3 is 20.7 Å². The second kappa shape index (κ2) is 4.93. The monoisotopic (exact) mass is 270 g/mol. The highest BCUT2D eigenvalue weighted by atomic mass is 19.1. The van der Waals surface area contributed by atoms with Crippen LogP contribution in [0.1, 0.15) is 6.23 Å². The lowest BCUT2D eigenvalue weighted by Gasteiger charge is -2.16. The molecule has 1 aliphatic heterocycles. The maximum atomic E-state index is 13.3. The number of hydrogen-bond donors (Lipinski definition) is 3. The van der Waals surface area contributed by atoms with Crippen LogP contribution >= 0.6 is 0 Å². The number of hydrogen-bond acceptors (Lipinski definition) is 7. The van der Waals surface area contributed by atoms with Gasteiger partial charge in [-0.1, -0.05) is 0 Å². The summed E-state index contributed by atoms with van der Waals surface area (Å²) in [7, 11) is 0. The zero-order chi connectivity index (χ0) is 14.2. The predicted octanol–water partition coefficient (Wildman–Crippen LogP) is -1.65. The molecule has 2 heterocycles. The van der Waals surface area contributed by atoms with Crippen LogP contribution in [0.25, 0.3) is 0 Å². The first kappa shape index (κ1) is 13.4. The maximum absolute atomic E-state index is 13.3. The van der Waals surface area contributed by atoms with Crippen LogP contribution in [0, 0.1) is 23.1 Å². The van der Waals surface area contributed by atoms with E-state index in [2.05, 4.69) is 4.98 Å². The largest absolute Gasteiger partial charge is 0.394 e. The first-order chi connectivity index (χ1) is 8.99. The molecule has 4 N–H and O–H groups in total. The fourth-order valence-corrected chi connectivity index (χ4v) is 1.91. The lowest BCUT2D eigenvalue weighted by molar-refractivity contribution is -0.0472. The van der Waals surface area contributed by atoms with Crippen molar-refractivity contribution in [2.45, 2.75) is 18.4 Å². The van der Waals surface area contributed by atoms with Crippen molar-refractivity contribution in [3.05, 3.63) is 22.5 Å². The van der Waals surface area contributed by atoms with Crippen molar-refractivity contribution >= 4 is 5.82 Å². The smallest absolute Gasteiger partial charge is 0.351 e. The molecule has 0 radical (unpaired) electrons. The summed E-state index contributed by atoms with van der Waals surface area (Å²) in [6.07, 6.45) is -2.78. The van der Waals surface area contributed by atoms with Crippen LogP contribution in [0.4, 0.5) is 10.2 Å². The minimum atomic E-state index is -1.28. The summed E-state index contributed by atoms with van der Waals surface area (Å²) in [5, 5.41) is 27.7. The minimum Gasteiger partial charge on any atom is -0.394 e. The summed E-state index contributed by atoms with van der Waals surface area (Å²) < 4.78 is 19.2. The van der Waals surface area contributed by atoms with Crippen molar-refractivity contribution in [3.8, 4) is 6.07 Å². The zero-order valence-corrected chi connectivity index (χ0v) is 9.60. The van der Waals surface area contributed by atoms with Gasteiger partial charge in [0.25, 0.3) is 0 Å². The predicted molar refractivity (Wildman–Crippen MR) is 59.0 cm³/mol. The Morgan fingerprint density at radius 3 is 2.95 bits per heavy atom. The Labute approximate surface area is 106 Å². The van der Waals surface area contributed by atoms with Crippen molar-refractivity contribution in [3.63, 3.8) is 0 Å². The summed E-state index contributed by atoms with van der Waals surface area (Å²) in [4.78, 5) is 14.9. The Kier molecular flexibility index (Phi) is 3.48. The molecule has 1 fully saturated rings. The Morgan fingerprint density at radius 1 is 1.68 bits per heavy atom. The van der Waals surface area contributed by atoms with Gasteiger partial charge in [0.1, 0.15) is 18.1 Å². The van der Waals surface area contributed by atoms with Crippen LogP contribution in [0.5, 0.6) is 0 Å². The van der Waals surface area contributed by atoms with E-state index in [1.54, 1.807) is 6.07 Å². The summed E-state index contributed by atoms with van der Waals surface area (Å²) in [6, 6.07) is 1.76. The number of aliphatic hydroxyl groups is 2. The molecule has 102 valence electrons. The van der Waals surface area contributed by atoms with Crippen molar-refractivity contribution in [1.29, 1.82) is 5.26 Å². The van der Waals surface area contributed by atoms with Gasteiger partial charge in [-0.05, 0) is 0 Å². The van der Waals surface area contributed by atoms with Gasteiger partial charge >= 0.3 is 5.69 Å². The molecule has 1 aliphatic rings. The molecule has 0 aliphatic carbocycles. The van der Waals surface area contributed by atoms with E-state index < -0.39 is 48.3 Å². The summed E-state index contributed by atoms with van der Waals surface area (Å²) >= 11 is 0. The number of nitrogens with zero attached hydrogens (tertiary/aromatic N) is 3. The lowest BCUT2D eigenvalue weighted by Crippen LogP contribution is -2.32. The average molecular weight is 270 g/mol. The highest BCUT2D eigenvalue weighted by Crippen LogP contribution is 2.33. The third-order valence-electron chi connectivity index (χ3n) is 2.91. The molecular formula is C10H11FN4O4. The van der Waals surface area contributed by atoms with Gasteiger partial charge in [0.15, 0.2) is 17.9 Å². The molecule has 0 saturated carbocycles. The van der Waals surface area contributed by atoms with Crippen LogP contribution in [0.3, 0.4) is 0 Å². The van der Waals surface area contributed by atoms with E-state index in [1.165, 1.54) is 0 Å². The highest BCUT2D eigenvalue weighted by Gasteiger charge is 2.45. The van der Waals surface area contributed by atoms with E-state index >= 15 is 0 Å². The first-order valence-electron chi connectivity index (χ1n) is 5.37. The molecule has 9 heteroatoms. The van der Waals surface area contributed by atoms with Gasteiger partial charge in [0.05, 0.1) is 18.9 Å². The fourth-order valence-electron chi connectivity index (χ4n) is 1.91. The molecule has 1 saturated heterocycles. The van der Waals surface area contributed by atoms with Crippen molar-refractivity contribution < 1.29 is 19.3 Å². The molecule has 0 unspecified atom stereocenters. The van der Waals surface area contributed by atoms with E-state index in [0.717, 1.165) is 10.8 Å². The number of anilines is 1. The normalized spacial score (nSPS) is 30.2. The number of aromatic nitrogens is 2. The van der Waals surface area contributed by atoms with Gasteiger partial charge in [0, 0.05) is 0 Å². The summed E-state index contributed by atoms with van der Waals surface area (Å²) in [5.74, 6) is -2.63. The molecular weight excluding hydrogens is 259 g/mol. The van der Waals surface area contributed by atoms with Crippen LogP contribution < -0.4 is 11.4 Å². The third kappa shape index (κ3) is 2.17. The topological polar surface area (TPSA) is 134 Å². The molecule has 0 bridgehead atoms. The zero-order valence-electron chi connectivity index (χ0n) is 9.60. The van der Waals surface area contributed by atoms with Crippen LogP contribution in [0.2, 0.25) is 0 Å². The molecule has 19 heavy (non-hydrogen) atoms. The number of nitriles is 1. The first-order valence-corrected chi connectivity index (χ1v) is 5.37. The van der Waals surface area contributed by atoms with Gasteiger partial charge in [-0.3, -0.25) is 4.57 Å².